The monoisotopic (exact) mass is 892 g/mol. The third-order valence-corrected chi connectivity index (χ3v) is 13.4. The van der Waals surface area contributed by atoms with Crippen LogP contribution in [0.25, 0.3) is 127 Å². The Morgan fingerprint density at radius 1 is 0.286 bits per heavy atom. The Hall–Kier alpha value is -9.70. The molecule has 0 atom stereocenters. The fourth-order valence-corrected chi connectivity index (χ4v) is 10.1. The molecule has 0 unspecified atom stereocenters. The zero-order valence-corrected chi connectivity index (χ0v) is 37.8. The molecule has 10 aromatic carbocycles. The molecule has 0 aliphatic carbocycles. The first-order valence-electron chi connectivity index (χ1n) is 23.4. The first-order chi connectivity index (χ1) is 34.7. The second-order valence-corrected chi connectivity index (χ2v) is 17.5. The van der Waals surface area contributed by atoms with Crippen molar-refractivity contribution in [3.8, 4) is 78.9 Å². The van der Waals surface area contributed by atoms with Crippen molar-refractivity contribution in [2.45, 2.75) is 0 Å². The molecule has 13 rings (SSSR count). The van der Waals surface area contributed by atoms with E-state index in [9.17, 15) is 0 Å². The van der Waals surface area contributed by atoms with Gasteiger partial charge in [0.15, 0.2) is 23.2 Å². The highest BCUT2D eigenvalue weighted by atomic mass is 15.0. The van der Waals surface area contributed by atoms with Gasteiger partial charge in [-0.05, 0) is 82.4 Å². The third-order valence-electron chi connectivity index (χ3n) is 13.4. The van der Waals surface area contributed by atoms with Gasteiger partial charge in [-0.3, -0.25) is 0 Å². The van der Waals surface area contributed by atoms with Gasteiger partial charge in [0.1, 0.15) is 0 Å². The maximum Gasteiger partial charge on any atom is 0.188 e. The van der Waals surface area contributed by atoms with E-state index in [0.717, 1.165) is 99.5 Å². The lowest BCUT2D eigenvalue weighted by Crippen LogP contribution is -2.04. The SMILES string of the molecule is [C-]#[N+]c1ccc(-n2c3ccccc3c3cc(-c4ccccc4)ccc32)c(-c2ccc(-c3nc(-c4ccccc4)nc(-c4ccccc4)n3)cc2-n2c3ccccc3c3cc(-c4ccccc4)ccc32)c1. The standard InChI is InChI=1S/C64H40N6/c1-65-49-33-37-60(69-56-28-16-14-26-50(56)53-38-46(31-35-58(53)69)42-18-6-2-7-19-42)55(41-49)52-34-30-48(64-67-62(44-22-10-4-11-23-44)66-63(68-64)45-24-12-5-13-25-45)40-61(52)70-57-29-17-15-27-51(57)54-39-47(32-36-59(54)70)43-20-8-3-9-21-43/h2-41H. The summed E-state index contributed by atoms with van der Waals surface area (Å²) in [4.78, 5) is 19.5. The Morgan fingerprint density at radius 2 is 0.700 bits per heavy atom. The van der Waals surface area contributed by atoms with Crippen LogP contribution in [0.15, 0.2) is 243 Å². The van der Waals surface area contributed by atoms with Gasteiger partial charge in [0.2, 0.25) is 0 Å². The minimum Gasteiger partial charge on any atom is -0.309 e. The van der Waals surface area contributed by atoms with E-state index in [2.05, 4.69) is 184 Å². The summed E-state index contributed by atoms with van der Waals surface area (Å²) >= 11 is 0. The molecule has 0 saturated carbocycles. The number of hydrogen-bond acceptors (Lipinski definition) is 3. The van der Waals surface area contributed by atoms with Crippen LogP contribution < -0.4 is 0 Å². The summed E-state index contributed by atoms with van der Waals surface area (Å²) < 4.78 is 4.74. The number of benzene rings is 10. The summed E-state index contributed by atoms with van der Waals surface area (Å²) in [6, 6.07) is 84.7. The summed E-state index contributed by atoms with van der Waals surface area (Å²) in [5, 5.41) is 4.58. The second-order valence-electron chi connectivity index (χ2n) is 17.5. The molecule has 6 nitrogen and oxygen atoms in total. The lowest BCUT2D eigenvalue weighted by Gasteiger charge is -2.20. The minimum absolute atomic E-state index is 0.549. The summed E-state index contributed by atoms with van der Waals surface area (Å²) in [6.45, 7) is 8.33. The molecule has 0 saturated heterocycles. The van der Waals surface area contributed by atoms with Crippen molar-refractivity contribution in [1.82, 2.24) is 24.1 Å². The summed E-state index contributed by atoms with van der Waals surface area (Å²) in [5.41, 5.74) is 15.8. The van der Waals surface area contributed by atoms with Crippen LogP contribution in [0.1, 0.15) is 0 Å². The molecule has 3 heterocycles. The molecule has 0 radical (unpaired) electrons. The molecule has 326 valence electrons. The Kier molecular flexibility index (Phi) is 9.78. The number of nitrogens with zero attached hydrogens (tertiary/aromatic N) is 6. The molecular weight excluding hydrogens is 853 g/mol. The fraction of sp³-hybridized carbons (Fsp3) is 0. The van der Waals surface area contributed by atoms with Crippen LogP contribution in [-0.4, -0.2) is 24.1 Å². The lowest BCUT2D eigenvalue weighted by atomic mass is 9.97. The van der Waals surface area contributed by atoms with E-state index in [1.165, 1.54) is 5.56 Å². The van der Waals surface area contributed by atoms with Crippen LogP contribution in [-0.2, 0) is 0 Å². The number of rotatable bonds is 8. The maximum atomic E-state index is 8.33. The van der Waals surface area contributed by atoms with Crippen molar-refractivity contribution in [2.75, 3.05) is 0 Å². The van der Waals surface area contributed by atoms with Gasteiger partial charge in [0, 0.05) is 43.8 Å². The number of hydrogen-bond donors (Lipinski definition) is 0. The minimum atomic E-state index is 0.549. The van der Waals surface area contributed by atoms with Crippen LogP contribution in [0.4, 0.5) is 5.69 Å². The molecular formula is C64H40N6. The zero-order chi connectivity index (χ0) is 46.5. The average Bonchev–Trinajstić information content (AvgIpc) is 3.95. The van der Waals surface area contributed by atoms with Crippen LogP contribution >= 0.6 is 0 Å². The van der Waals surface area contributed by atoms with E-state index in [4.69, 9.17) is 21.5 Å². The van der Waals surface area contributed by atoms with Crippen LogP contribution in [0, 0.1) is 6.57 Å². The largest absolute Gasteiger partial charge is 0.309 e. The highest BCUT2D eigenvalue weighted by Crippen LogP contribution is 2.44. The van der Waals surface area contributed by atoms with Gasteiger partial charge in [0.05, 0.1) is 40.0 Å². The molecule has 6 heteroatoms. The molecule has 70 heavy (non-hydrogen) atoms. The highest BCUT2D eigenvalue weighted by Gasteiger charge is 2.23. The van der Waals surface area contributed by atoms with Gasteiger partial charge in [0.25, 0.3) is 0 Å². The Labute approximate surface area is 404 Å². The smallest absolute Gasteiger partial charge is 0.188 e. The van der Waals surface area contributed by atoms with Crippen molar-refractivity contribution in [3.63, 3.8) is 0 Å². The van der Waals surface area contributed by atoms with Crippen molar-refractivity contribution < 1.29 is 0 Å². The van der Waals surface area contributed by atoms with E-state index in [-0.39, 0.29) is 0 Å². The maximum absolute atomic E-state index is 8.33. The number of aromatic nitrogens is 5. The van der Waals surface area contributed by atoms with Gasteiger partial charge in [-0.25, -0.2) is 19.8 Å². The molecule has 3 aromatic heterocycles. The van der Waals surface area contributed by atoms with Crippen LogP contribution in [0.5, 0.6) is 0 Å². The van der Waals surface area contributed by atoms with Crippen LogP contribution in [0.3, 0.4) is 0 Å². The number of para-hydroxylation sites is 2. The molecule has 0 amide bonds. The van der Waals surface area contributed by atoms with Gasteiger partial charge in [-0.15, -0.1) is 0 Å². The predicted octanol–water partition coefficient (Wildman–Crippen LogP) is 16.6. The Morgan fingerprint density at radius 3 is 1.20 bits per heavy atom. The first kappa shape index (κ1) is 40.6. The third kappa shape index (κ3) is 6.92. The Balaban J connectivity index is 1.10. The highest BCUT2D eigenvalue weighted by molar-refractivity contribution is 6.13. The second kappa shape index (κ2) is 16.9. The van der Waals surface area contributed by atoms with Crippen molar-refractivity contribution in [2.24, 2.45) is 0 Å². The quantitative estimate of drug-likeness (QED) is 0.143. The van der Waals surface area contributed by atoms with Crippen molar-refractivity contribution >= 4 is 49.3 Å². The average molecular weight is 893 g/mol. The van der Waals surface area contributed by atoms with Gasteiger partial charge < -0.3 is 9.13 Å². The Bertz CT molecular complexity index is 4110. The molecule has 0 N–H and O–H groups in total. The van der Waals surface area contributed by atoms with Crippen molar-refractivity contribution in [3.05, 3.63) is 254 Å². The predicted molar refractivity (Wildman–Crippen MR) is 287 cm³/mol. The van der Waals surface area contributed by atoms with Crippen molar-refractivity contribution in [1.29, 1.82) is 0 Å². The summed E-state index contributed by atoms with van der Waals surface area (Å²) in [6.07, 6.45) is 0. The molecule has 0 aliphatic heterocycles. The summed E-state index contributed by atoms with van der Waals surface area (Å²) in [7, 11) is 0. The molecule has 13 aromatic rings. The zero-order valence-electron chi connectivity index (χ0n) is 37.8. The van der Waals surface area contributed by atoms with Gasteiger partial charge in [-0.1, -0.05) is 188 Å². The summed E-state index contributed by atoms with van der Waals surface area (Å²) in [5.74, 6) is 1.74. The lowest BCUT2D eigenvalue weighted by molar-refractivity contribution is 1.07. The van der Waals surface area contributed by atoms with E-state index in [1.54, 1.807) is 0 Å². The molecule has 0 aliphatic rings. The normalized spacial score (nSPS) is 11.4. The van der Waals surface area contributed by atoms with Crippen LogP contribution in [0.2, 0.25) is 0 Å². The first-order valence-corrected chi connectivity index (χ1v) is 23.4. The number of fused-ring (bicyclic) bond motifs is 6. The topological polar surface area (TPSA) is 52.9 Å². The fourth-order valence-electron chi connectivity index (χ4n) is 10.1. The van der Waals surface area contributed by atoms with Gasteiger partial charge in [-0.2, -0.15) is 0 Å². The van der Waals surface area contributed by atoms with E-state index in [0.29, 0.717) is 23.2 Å². The molecule has 0 bridgehead atoms. The molecule has 0 fully saturated rings. The van der Waals surface area contributed by atoms with E-state index in [1.807, 2.05) is 72.8 Å². The van der Waals surface area contributed by atoms with E-state index < -0.39 is 0 Å². The van der Waals surface area contributed by atoms with Gasteiger partial charge >= 0.3 is 0 Å². The van der Waals surface area contributed by atoms with E-state index >= 15 is 0 Å². The molecule has 0 spiro atoms.